The van der Waals surface area contributed by atoms with Crippen molar-refractivity contribution in [1.29, 1.82) is 0 Å². The predicted octanol–water partition coefficient (Wildman–Crippen LogP) is 3.08. The van der Waals surface area contributed by atoms with Gasteiger partial charge < -0.3 is 15.7 Å². The third kappa shape index (κ3) is 7.21. The lowest BCUT2D eigenvalue weighted by atomic mass is 9.90. The molecule has 2 aromatic carbocycles. The van der Waals surface area contributed by atoms with Gasteiger partial charge in [0.2, 0.25) is 12.3 Å². The number of aromatic nitrogens is 3. The lowest BCUT2D eigenvalue weighted by Crippen LogP contribution is -2.49. The topological polar surface area (TPSA) is 118 Å². The summed E-state index contributed by atoms with van der Waals surface area (Å²) in [6.45, 7) is -1.07. The van der Waals surface area contributed by atoms with Gasteiger partial charge in [-0.1, -0.05) is 23.7 Å². The second kappa shape index (κ2) is 11.7. The first-order chi connectivity index (χ1) is 18.5. The summed E-state index contributed by atoms with van der Waals surface area (Å²) in [5, 5.41) is 18.5. The molecule has 0 saturated heterocycles. The highest BCUT2D eigenvalue weighted by atomic mass is 35.5. The number of benzene rings is 2. The Balaban J connectivity index is 1.87. The van der Waals surface area contributed by atoms with Crippen LogP contribution in [0.1, 0.15) is 18.1 Å². The first-order valence-electron chi connectivity index (χ1n) is 11.4. The van der Waals surface area contributed by atoms with Crippen LogP contribution in [0.4, 0.5) is 26.3 Å². The maximum absolute atomic E-state index is 13.2. The Morgan fingerprint density at radius 3 is 2.30 bits per heavy atom. The van der Waals surface area contributed by atoms with Crippen LogP contribution in [0.3, 0.4) is 0 Å². The number of halogens is 7. The van der Waals surface area contributed by atoms with Crippen LogP contribution in [0.25, 0.3) is 11.4 Å². The van der Waals surface area contributed by atoms with Crippen LogP contribution < -0.4 is 16.3 Å². The molecule has 0 aliphatic carbocycles. The van der Waals surface area contributed by atoms with Crippen molar-refractivity contribution in [3.05, 3.63) is 75.2 Å². The van der Waals surface area contributed by atoms with E-state index in [4.69, 9.17) is 11.6 Å². The van der Waals surface area contributed by atoms with Gasteiger partial charge in [-0.3, -0.25) is 14.2 Å². The minimum atomic E-state index is -5.05. The molecule has 40 heavy (non-hydrogen) atoms. The minimum absolute atomic E-state index is 0.0160. The summed E-state index contributed by atoms with van der Waals surface area (Å²) in [4.78, 5) is 36.8. The Morgan fingerprint density at radius 2 is 1.73 bits per heavy atom. The summed E-state index contributed by atoms with van der Waals surface area (Å²) < 4.78 is 79.7. The molecule has 0 aliphatic heterocycles. The van der Waals surface area contributed by atoms with E-state index in [9.17, 15) is 45.8 Å². The van der Waals surface area contributed by atoms with Gasteiger partial charge in [0.05, 0.1) is 17.6 Å². The van der Waals surface area contributed by atoms with E-state index >= 15 is 0 Å². The highest BCUT2D eigenvalue weighted by molar-refractivity contribution is 6.30. The highest BCUT2D eigenvalue weighted by Gasteiger charge is 2.39. The normalized spacial score (nSPS) is 14.3. The summed E-state index contributed by atoms with van der Waals surface area (Å²) in [6.07, 6.45) is -12.4. The zero-order chi connectivity index (χ0) is 29.9. The van der Waals surface area contributed by atoms with Gasteiger partial charge in [0.1, 0.15) is 6.54 Å². The summed E-state index contributed by atoms with van der Waals surface area (Å²) in [7, 11) is 0. The van der Waals surface area contributed by atoms with Crippen LogP contribution in [-0.4, -0.2) is 50.6 Å². The molecule has 0 bridgehead atoms. The molecule has 216 valence electrons. The van der Waals surface area contributed by atoms with E-state index in [2.05, 4.69) is 15.7 Å². The second-order valence-electron chi connectivity index (χ2n) is 8.89. The van der Waals surface area contributed by atoms with E-state index in [1.165, 1.54) is 37.3 Å². The van der Waals surface area contributed by atoms with Gasteiger partial charge in [-0.25, -0.2) is 9.48 Å². The number of aliphatic hydroxyl groups excluding tert-OH is 1. The van der Waals surface area contributed by atoms with E-state index in [1.54, 1.807) is 0 Å². The monoisotopic (exact) mass is 593 g/mol. The summed E-state index contributed by atoms with van der Waals surface area (Å²) in [5.74, 6) is -1.18. The molecule has 0 aliphatic rings. The van der Waals surface area contributed by atoms with Crippen LogP contribution in [0.5, 0.6) is 0 Å². The van der Waals surface area contributed by atoms with E-state index < -0.39 is 60.8 Å². The standard InChI is InChI=1S/C24H22ClF6N5O4/c1-22(33-13-37,15-3-2-4-16(9-15)23(26,27)28)12-32-19(39)11-36-21(40)35(10-18(38)24(29,30)31)20(34-36)14-5-7-17(25)8-6-14/h2-9,13,18,38H,10-12H2,1H3,(H,32,39)(H,33,37). The number of alkyl halides is 6. The maximum atomic E-state index is 13.2. The number of nitrogens with one attached hydrogen (secondary N) is 2. The highest BCUT2D eigenvalue weighted by Crippen LogP contribution is 2.32. The molecule has 2 amide bonds. The first-order valence-corrected chi connectivity index (χ1v) is 11.8. The summed E-state index contributed by atoms with van der Waals surface area (Å²) >= 11 is 5.84. The maximum Gasteiger partial charge on any atom is 0.416 e. The SMILES string of the molecule is CC(CNC(=O)Cn1nc(-c2ccc(Cl)cc2)n(CC(O)C(F)(F)F)c1=O)(NC=O)c1cccc(C(F)(F)F)c1. The predicted molar refractivity (Wildman–Crippen MR) is 130 cm³/mol. The zero-order valence-corrected chi connectivity index (χ0v) is 21.3. The van der Waals surface area contributed by atoms with E-state index in [0.29, 0.717) is 14.3 Å². The van der Waals surface area contributed by atoms with Crippen molar-refractivity contribution >= 4 is 23.9 Å². The largest absolute Gasteiger partial charge is 0.416 e. The number of amides is 2. The average Bonchev–Trinajstić information content (AvgIpc) is 3.17. The molecule has 3 rings (SSSR count). The van der Waals surface area contributed by atoms with Crippen LogP contribution in [0, 0.1) is 0 Å². The fourth-order valence-electron chi connectivity index (χ4n) is 3.67. The molecule has 3 aromatic rings. The van der Waals surface area contributed by atoms with E-state index in [-0.39, 0.29) is 23.4 Å². The number of hydrogen-bond acceptors (Lipinski definition) is 5. The Morgan fingerprint density at radius 1 is 1.10 bits per heavy atom. The average molecular weight is 594 g/mol. The molecular weight excluding hydrogens is 572 g/mol. The van der Waals surface area contributed by atoms with Crippen molar-refractivity contribution in [1.82, 2.24) is 25.0 Å². The number of hydrogen-bond donors (Lipinski definition) is 3. The van der Waals surface area contributed by atoms with Gasteiger partial charge in [-0.15, -0.1) is 5.10 Å². The molecule has 0 saturated carbocycles. The van der Waals surface area contributed by atoms with Crippen LogP contribution in [0.2, 0.25) is 5.02 Å². The fourth-order valence-corrected chi connectivity index (χ4v) is 3.80. The Kier molecular flexibility index (Phi) is 8.99. The molecule has 2 unspecified atom stereocenters. The molecular formula is C24H22ClF6N5O4. The van der Waals surface area contributed by atoms with Gasteiger partial charge in [-0.05, 0) is 48.9 Å². The van der Waals surface area contributed by atoms with Gasteiger partial charge in [-0.2, -0.15) is 26.3 Å². The second-order valence-corrected chi connectivity index (χ2v) is 9.32. The third-order valence-corrected chi connectivity index (χ3v) is 6.15. The molecule has 9 nitrogen and oxygen atoms in total. The Hall–Kier alpha value is -3.85. The van der Waals surface area contributed by atoms with Crippen molar-refractivity contribution in [3.63, 3.8) is 0 Å². The van der Waals surface area contributed by atoms with E-state index in [1.807, 2.05) is 0 Å². The Labute approximate surface area is 227 Å². The molecule has 0 radical (unpaired) electrons. The number of rotatable bonds is 10. The molecule has 0 spiro atoms. The van der Waals surface area contributed by atoms with Crippen molar-refractivity contribution in [2.75, 3.05) is 6.54 Å². The van der Waals surface area contributed by atoms with Crippen molar-refractivity contribution in [2.45, 2.75) is 44.0 Å². The van der Waals surface area contributed by atoms with Gasteiger partial charge in [0.15, 0.2) is 11.9 Å². The number of aliphatic hydroxyl groups is 1. The number of carbonyl (C=O) groups excluding carboxylic acids is 2. The van der Waals surface area contributed by atoms with Gasteiger partial charge in [0.25, 0.3) is 0 Å². The third-order valence-electron chi connectivity index (χ3n) is 5.90. The summed E-state index contributed by atoms with van der Waals surface area (Å²) in [6, 6.07) is 9.62. The van der Waals surface area contributed by atoms with Crippen LogP contribution in [0.15, 0.2) is 53.3 Å². The van der Waals surface area contributed by atoms with Gasteiger partial charge in [0, 0.05) is 17.1 Å². The smallest absolute Gasteiger partial charge is 0.382 e. The molecule has 0 fully saturated rings. The first kappa shape index (κ1) is 30.7. The summed E-state index contributed by atoms with van der Waals surface area (Å²) in [5.41, 5.74) is -3.45. The lowest BCUT2D eigenvalue weighted by molar-refractivity contribution is -0.207. The molecule has 2 atom stereocenters. The zero-order valence-electron chi connectivity index (χ0n) is 20.6. The molecule has 1 heterocycles. The molecule has 16 heteroatoms. The van der Waals surface area contributed by atoms with Crippen molar-refractivity contribution < 1.29 is 41.0 Å². The molecule has 1 aromatic heterocycles. The lowest BCUT2D eigenvalue weighted by Gasteiger charge is -2.30. The Bertz CT molecular complexity index is 1420. The van der Waals surface area contributed by atoms with Crippen LogP contribution >= 0.6 is 11.6 Å². The molecule has 3 N–H and O–H groups in total. The number of carbonyl (C=O) groups is 2. The number of nitrogens with zero attached hydrogens (tertiary/aromatic N) is 3. The minimum Gasteiger partial charge on any atom is -0.382 e. The quantitative estimate of drug-likeness (QED) is 0.247. The van der Waals surface area contributed by atoms with Crippen molar-refractivity contribution in [3.8, 4) is 11.4 Å². The fraction of sp³-hybridized carbons (Fsp3) is 0.333. The van der Waals surface area contributed by atoms with E-state index in [0.717, 1.165) is 18.2 Å². The van der Waals surface area contributed by atoms with Crippen molar-refractivity contribution in [2.24, 2.45) is 0 Å². The van der Waals surface area contributed by atoms with Crippen LogP contribution in [-0.2, 0) is 34.4 Å². The van der Waals surface area contributed by atoms with Gasteiger partial charge >= 0.3 is 18.0 Å².